The van der Waals surface area contributed by atoms with Gasteiger partial charge in [0.1, 0.15) is 0 Å². The number of carbonyl (C=O) groups is 2. The molecule has 1 N–H and O–H groups in total. The predicted octanol–water partition coefficient (Wildman–Crippen LogP) is 7.40. The Labute approximate surface area is 263 Å². The van der Waals surface area contributed by atoms with Crippen molar-refractivity contribution in [3.8, 4) is 0 Å². The van der Waals surface area contributed by atoms with Crippen molar-refractivity contribution in [2.24, 2.45) is 5.92 Å². The molecule has 5 nitrogen and oxygen atoms in total. The Balaban J connectivity index is 0.00000242. The number of aromatic carboxylic acids is 1. The highest BCUT2D eigenvalue weighted by atomic mass is 35.5. The first-order chi connectivity index (χ1) is 19.4. The molecule has 3 aromatic rings. The van der Waals surface area contributed by atoms with Gasteiger partial charge in [0.05, 0.1) is 5.56 Å². The Morgan fingerprint density at radius 3 is 2.14 bits per heavy atom. The van der Waals surface area contributed by atoms with Crippen LogP contribution < -0.4 is 0 Å². The van der Waals surface area contributed by atoms with E-state index in [0.717, 1.165) is 76.1 Å². The summed E-state index contributed by atoms with van der Waals surface area (Å²) in [5.74, 6) is 0.102. The Bertz CT molecular complexity index is 1320. The van der Waals surface area contributed by atoms with Crippen molar-refractivity contribution in [3.05, 3.63) is 106 Å². The number of benzene rings is 3. The van der Waals surface area contributed by atoms with Crippen LogP contribution in [-0.4, -0.2) is 52.8 Å². The van der Waals surface area contributed by atoms with Crippen LogP contribution in [0.3, 0.4) is 0 Å². The van der Waals surface area contributed by atoms with E-state index >= 15 is 0 Å². The first kappa shape index (κ1) is 33.8. The predicted molar refractivity (Wildman–Crippen MR) is 174 cm³/mol. The number of carboxylic acid groups (broad SMARTS) is 1. The van der Waals surface area contributed by atoms with Gasteiger partial charge in [-0.2, -0.15) is 0 Å². The fourth-order valence-corrected chi connectivity index (χ4v) is 6.40. The van der Waals surface area contributed by atoms with Crippen LogP contribution in [-0.2, 0) is 25.9 Å². The van der Waals surface area contributed by atoms with Crippen LogP contribution in [0.2, 0.25) is 0 Å². The van der Waals surface area contributed by atoms with Gasteiger partial charge in [-0.05, 0) is 104 Å². The van der Waals surface area contributed by atoms with Gasteiger partial charge in [-0.25, -0.2) is 4.79 Å². The fourth-order valence-electron chi connectivity index (χ4n) is 6.40. The number of rotatable bonds is 10. The monoisotopic (exact) mass is 610 g/mol. The van der Waals surface area contributed by atoms with Crippen molar-refractivity contribution < 1.29 is 14.7 Å². The van der Waals surface area contributed by atoms with E-state index in [-0.39, 0.29) is 30.6 Å². The van der Waals surface area contributed by atoms with Crippen molar-refractivity contribution >= 4 is 36.6 Å². The second kappa shape index (κ2) is 16.2. The number of hydrogen-bond donors (Lipinski definition) is 1. The number of nitrogens with zero attached hydrogens (tertiary/aromatic N) is 2. The minimum Gasteiger partial charge on any atom is -0.478 e. The second-order valence-corrected chi connectivity index (χ2v) is 11.7. The first-order valence-electron chi connectivity index (χ1n) is 14.9. The minimum atomic E-state index is -0.865. The number of fused-ring (bicyclic) bond motifs is 1. The van der Waals surface area contributed by atoms with E-state index in [1.807, 2.05) is 19.1 Å². The third-order valence-corrected chi connectivity index (χ3v) is 8.82. The molecule has 0 bridgehead atoms. The highest BCUT2D eigenvalue weighted by Gasteiger charge is 2.21. The smallest absolute Gasteiger partial charge is 0.335 e. The third-order valence-electron chi connectivity index (χ3n) is 8.82. The topological polar surface area (TPSA) is 60.9 Å². The molecule has 0 radical (unpaired) electrons. The summed E-state index contributed by atoms with van der Waals surface area (Å²) in [6.45, 7) is 7.94. The average molecular weight is 612 g/mol. The normalized spacial score (nSPS) is 16.0. The summed E-state index contributed by atoms with van der Waals surface area (Å²) >= 11 is 0. The number of carbonyl (C=O) groups excluding carboxylic acids is 1. The number of Topliss-reactive ketones (excluding diaryl/α,β-unsaturated/α-hetero) is 1. The van der Waals surface area contributed by atoms with Crippen LogP contribution >= 0.6 is 24.8 Å². The Morgan fingerprint density at radius 1 is 0.786 bits per heavy atom. The van der Waals surface area contributed by atoms with Crippen LogP contribution in [0, 0.1) is 12.8 Å². The molecule has 0 aliphatic carbocycles. The SMILES string of the molecule is Cc1cc(CN2CCC(CCCC(=O)c3ccc4c(c3)CCN(Cc3ccccc3)CC4)CC2)ccc1C(=O)O.Cl.Cl. The van der Waals surface area contributed by atoms with E-state index in [4.69, 9.17) is 0 Å². The molecule has 0 unspecified atom stereocenters. The van der Waals surface area contributed by atoms with Gasteiger partial charge in [-0.1, -0.05) is 54.6 Å². The summed E-state index contributed by atoms with van der Waals surface area (Å²) in [5.41, 5.74) is 7.37. The van der Waals surface area contributed by atoms with Gasteiger partial charge in [0.25, 0.3) is 0 Å². The molecular weight excluding hydrogens is 567 g/mol. The van der Waals surface area contributed by atoms with Gasteiger partial charge in [0.2, 0.25) is 0 Å². The zero-order valence-electron chi connectivity index (χ0n) is 24.6. The van der Waals surface area contributed by atoms with E-state index in [9.17, 15) is 14.7 Å². The first-order valence-corrected chi connectivity index (χ1v) is 14.9. The van der Waals surface area contributed by atoms with E-state index in [0.29, 0.717) is 17.9 Å². The summed E-state index contributed by atoms with van der Waals surface area (Å²) in [7, 11) is 0. The number of carboxylic acids is 1. The number of ketones is 1. The van der Waals surface area contributed by atoms with Crippen molar-refractivity contribution in [2.75, 3.05) is 26.2 Å². The fraction of sp³-hybridized carbons (Fsp3) is 0.429. The van der Waals surface area contributed by atoms with Crippen LogP contribution in [0.5, 0.6) is 0 Å². The zero-order valence-corrected chi connectivity index (χ0v) is 26.2. The van der Waals surface area contributed by atoms with E-state index < -0.39 is 5.97 Å². The molecule has 0 saturated carbocycles. The Morgan fingerprint density at radius 2 is 1.45 bits per heavy atom. The highest BCUT2D eigenvalue weighted by Crippen LogP contribution is 2.26. The summed E-state index contributed by atoms with van der Waals surface area (Å²) in [4.78, 5) is 29.3. The van der Waals surface area contributed by atoms with Gasteiger partial charge < -0.3 is 5.11 Å². The quantitative estimate of drug-likeness (QED) is 0.242. The molecule has 1 fully saturated rings. The van der Waals surface area contributed by atoms with Gasteiger partial charge in [0.15, 0.2) is 5.78 Å². The van der Waals surface area contributed by atoms with Crippen molar-refractivity contribution in [2.45, 2.75) is 65.0 Å². The van der Waals surface area contributed by atoms with Crippen molar-refractivity contribution in [1.82, 2.24) is 9.80 Å². The molecule has 2 aliphatic heterocycles. The summed E-state index contributed by atoms with van der Waals surface area (Å²) in [6, 6.07) is 22.8. The number of piperidine rings is 1. The molecule has 0 spiro atoms. The molecular formula is C35H44Cl2N2O3. The molecule has 3 aromatic carbocycles. The maximum absolute atomic E-state index is 13.1. The largest absolute Gasteiger partial charge is 0.478 e. The molecule has 2 heterocycles. The molecule has 0 atom stereocenters. The number of hydrogen-bond acceptors (Lipinski definition) is 4. The van der Waals surface area contributed by atoms with Crippen LogP contribution in [0.25, 0.3) is 0 Å². The van der Waals surface area contributed by atoms with E-state index in [1.54, 1.807) is 6.07 Å². The van der Waals surface area contributed by atoms with Crippen LogP contribution in [0.15, 0.2) is 66.7 Å². The zero-order chi connectivity index (χ0) is 27.9. The number of halogens is 2. The van der Waals surface area contributed by atoms with Crippen LogP contribution in [0.1, 0.15) is 80.6 Å². The summed E-state index contributed by atoms with van der Waals surface area (Å²) < 4.78 is 0. The van der Waals surface area contributed by atoms with Crippen molar-refractivity contribution in [1.29, 1.82) is 0 Å². The summed E-state index contributed by atoms with van der Waals surface area (Å²) in [6.07, 6.45) is 7.09. The van der Waals surface area contributed by atoms with Crippen molar-refractivity contribution in [3.63, 3.8) is 0 Å². The standard InChI is InChI=1S/C35H42N2O3.2ClH/c1-26-22-29(10-13-33(26)35(39)40)25-36-18-14-27(15-19-36)8-5-9-34(38)32-12-11-30-16-20-37(21-17-31(30)23-32)24-28-6-3-2-4-7-28;;/h2-4,6-7,10-13,22-23,27H,5,8-9,14-21,24-25H2,1H3,(H,39,40);2*1H. The van der Waals surface area contributed by atoms with E-state index in [2.05, 4.69) is 58.3 Å². The van der Waals surface area contributed by atoms with Gasteiger partial charge in [-0.3, -0.25) is 14.6 Å². The lowest BCUT2D eigenvalue weighted by atomic mass is 9.90. The molecule has 42 heavy (non-hydrogen) atoms. The van der Waals surface area contributed by atoms with E-state index in [1.165, 1.54) is 35.1 Å². The molecule has 2 aliphatic rings. The van der Waals surface area contributed by atoms with Gasteiger partial charge in [-0.15, -0.1) is 24.8 Å². The lowest BCUT2D eigenvalue weighted by Crippen LogP contribution is -2.33. The number of likely N-dealkylation sites (tertiary alicyclic amines) is 1. The second-order valence-electron chi connectivity index (χ2n) is 11.7. The van der Waals surface area contributed by atoms with Gasteiger partial charge in [0, 0.05) is 38.2 Å². The molecule has 0 aromatic heterocycles. The molecule has 1 saturated heterocycles. The summed E-state index contributed by atoms with van der Waals surface area (Å²) in [5, 5.41) is 9.25. The maximum Gasteiger partial charge on any atom is 0.335 e. The Kier molecular flexibility index (Phi) is 13.1. The third kappa shape index (κ3) is 9.15. The number of aryl methyl sites for hydroxylation is 1. The average Bonchev–Trinajstić information content (AvgIpc) is 3.16. The highest BCUT2D eigenvalue weighted by molar-refractivity contribution is 5.96. The molecule has 0 amide bonds. The lowest BCUT2D eigenvalue weighted by Gasteiger charge is -2.32. The Hall–Kier alpha value is -2.70. The maximum atomic E-state index is 13.1. The van der Waals surface area contributed by atoms with Crippen LogP contribution in [0.4, 0.5) is 0 Å². The minimum absolute atomic E-state index is 0. The molecule has 7 heteroatoms. The molecule has 5 rings (SSSR count). The molecule has 226 valence electrons. The lowest BCUT2D eigenvalue weighted by molar-refractivity contribution is 0.0695. The van der Waals surface area contributed by atoms with Gasteiger partial charge >= 0.3 is 5.97 Å².